The van der Waals surface area contributed by atoms with Crippen molar-refractivity contribution in [3.63, 3.8) is 0 Å². The quantitative estimate of drug-likeness (QED) is 0.786. The normalized spacial score (nSPS) is 13.5. The lowest BCUT2D eigenvalue weighted by Crippen LogP contribution is -2.19. The zero-order valence-electron chi connectivity index (χ0n) is 11.6. The van der Waals surface area contributed by atoms with Crippen LogP contribution in [0.1, 0.15) is 16.0 Å². The summed E-state index contributed by atoms with van der Waals surface area (Å²) in [4.78, 5) is 9.99. The summed E-state index contributed by atoms with van der Waals surface area (Å²) in [6, 6.07) is 16.0. The maximum absolute atomic E-state index is 4.73. The summed E-state index contributed by atoms with van der Waals surface area (Å²) >= 11 is 1.67. The van der Waals surface area contributed by atoms with E-state index in [-0.39, 0.29) is 0 Å². The van der Waals surface area contributed by atoms with Gasteiger partial charge in [-0.25, -0.2) is 4.99 Å². The molecule has 0 atom stereocenters. The molecule has 0 saturated heterocycles. The Bertz CT molecular complexity index is 851. The zero-order chi connectivity index (χ0) is 14.8. The standard InChI is InChI=1S/C17H12N4S/c1-2-7-14-13(6-1)16(15-8-4-10-22-15)20-21-17(19-14)12-5-3-9-18-11-12/h1-11H,(H,19,21). The maximum Gasteiger partial charge on any atom is 0.155 e. The van der Waals surface area contributed by atoms with E-state index in [9.17, 15) is 0 Å². The Morgan fingerprint density at radius 3 is 2.73 bits per heavy atom. The first-order valence-corrected chi connectivity index (χ1v) is 7.76. The second kappa shape index (κ2) is 5.54. The minimum atomic E-state index is 0.701. The minimum absolute atomic E-state index is 0.701. The number of amidine groups is 1. The molecule has 3 aromatic rings. The second-order valence-corrected chi connectivity index (χ2v) is 5.72. The van der Waals surface area contributed by atoms with Crippen molar-refractivity contribution in [1.29, 1.82) is 0 Å². The van der Waals surface area contributed by atoms with Gasteiger partial charge in [-0.05, 0) is 29.6 Å². The van der Waals surface area contributed by atoms with Gasteiger partial charge in [-0.1, -0.05) is 24.3 Å². The van der Waals surface area contributed by atoms with Crippen molar-refractivity contribution in [2.45, 2.75) is 0 Å². The van der Waals surface area contributed by atoms with E-state index in [2.05, 4.69) is 21.6 Å². The number of para-hydroxylation sites is 1. The van der Waals surface area contributed by atoms with Gasteiger partial charge in [0.25, 0.3) is 0 Å². The Morgan fingerprint density at radius 1 is 0.955 bits per heavy atom. The number of aromatic nitrogens is 1. The molecule has 0 radical (unpaired) electrons. The fourth-order valence-corrected chi connectivity index (χ4v) is 3.05. The van der Waals surface area contributed by atoms with Gasteiger partial charge in [-0.15, -0.1) is 11.3 Å². The number of pyridine rings is 1. The summed E-state index contributed by atoms with van der Waals surface area (Å²) in [5.41, 5.74) is 6.83. The van der Waals surface area contributed by atoms with Gasteiger partial charge in [0.05, 0.1) is 10.6 Å². The first-order valence-electron chi connectivity index (χ1n) is 6.88. The highest BCUT2D eigenvalue weighted by atomic mass is 32.1. The Labute approximate surface area is 131 Å². The molecule has 5 heteroatoms. The van der Waals surface area contributed by atoms with E-state index in [4.69, 9.17) is 4.99 Å². The third kappa shape index (κ3) is 2.31. The molecule has 0 bridgehead atoms. The summed E-state index contributed by atoms with van der Waals surface area (Å²) in [6.07, 6.45) is 3.52. The minimum Gasteiger partial charge on any atom is -0.264 e. The van der Waals surface area contributed by atoms with Gasteiger partial charge < -0.3 is 0 Å². The molecule has 1 aliphatic rings. The molecule has 1 aromatic carbocycles. The van der Waals surface area contributed by atoms with Gasteiger partial charge in [0.1, 0.15) is 5.71 Å². The maximum atomic E-state index is 4.73. The molecule has 1 aliphatic heterocycles. The molecule has 106 valence electrons. The number of thiophene rings is 1. The van der Waals surface area contributed by atoms with Gasteiger partial charge in [-0.2, -0.15) is 5.10 Å². The third-order valence-electron chi connectivity index (χ3n) is 3.35. The molecular formula is C17H12N4S. The Kier molecular flexibility index (Phi) is 3.25. The number of nitrogens with zero attached hydrogens (tertiary/aromatic N) is 3. The molecule has 2 aromatic heterocycles. The fraction of sp³-hybridized carbons (Fsp3) is 0. The van der Waals surface area contributed by atoms with Gasteiger partial charge in [0, 0.05) is 23.5 Å². The van der Waals surface area contributed by atoms with Crippen LogP contribution in [0.15, 0.2) is 76.4 Å². The van der Waals surface area contributed by atoms with E-state index < -0.39 is 0 Å². The van der Waals surface area contributed by atoms with Crippen LogP contribution in [0.25, 0.3) is 0 Å². The second-order valence-electron chi connectivity index (χ2n) is 4.77. The Hall–Kier alpha value is -2.79. The van der Waals surface area contributed by atoms with E-state index in [0.717, 1.165) is 27.4 Å². The average molecular weight is 304 g/mol. The van der Waals surface area contributed by atoms with Crippen molar-refractivity contribution in [2.24, 2.45) is 10.1 Å². The van der Waals surface area contributed by atoms with Crippen LogP contribution in [-0.2, 0) is 0 Å². The van der Waals surface area contributed by atoms with Crippen molar-refractivity contribution >= 4 is 28.6 Å². The molecule has 0 aliphatic carbocycles. The first kappa shape index (κ1) is 12.9. The molecule has 22 heavy (non-hydrogen) atoms. The third-order valence-corrected chi connectivity index (χ3v) is 4.23. The molecule has 0 fully saturated rings. The molecule has 4 nitrogen and oxygen atoms in total. The summed E-state index contributed by atoms with van der Waals surface area (Å²) in [6.45, 7) is 0. The van der Waals surface area contributed by atoms with Crippen LogP contribution < -0.4 is 5.43 Å². The monoisotopic (exact) mass is 304 g/mol. The molecule has 0 unspecified atom stereocenters. The van der Waals surface area contributed by atoms with Crippen LogP contribution in [0, 0.1) is 0 Å². The molecule has 4 rings (SSSR count). The zero-order valence-corrected chi connectivity index (χ0v) is 12.4. The van der Waals surface area contributed by atoms with Gasteiger partial charge in [0.15, 0.2) is 5.84 Å². The molecular weight excluding hydrogens is 292 g/mol. The lowest BCUT2D eigenvalue weighted by Gasteiger charge is -2.04. The molecule has 0 spiro atoms. The summed E-state index contributed by atoms with van der Waals surface area (Å²) < 4.78 is 0. The highest BCUT2D eigenvalue weighted by Crippen LogP contribution is 2.26. The SMILES string of the molecule is c1cncc(C2=Nc3ccccc3C(c3cccs3)=NN2)c1. The molecule has 1 N–H and O–H groups in total. The highest BCUT2D eigenvalue weighted by molar-refractivity contribution is 7.12. The summed E-state index contributed by atoms with van der Waals surface area (Å²) in [5, 5.41) is 6.63. The first-order chi connectivity index (χ1) is 10.9. The van der Waals surface area contributed by atoms with E-state index in [0.29, 0.717) is 5.84 Å². The van der Waals surface area contributed by atoms with Crippen molar-refractivity contribution in [2.75, 3.05) is 0 Å². The summed E-state index contributed by atoms with van der Waals surface area (Å²) in [5.74, 6) is 0.701. The summed E-state index contributed by atoms with van der Waals surface area (Å²) in [7, 11) is 0. The van der Waals surface area contributed by atoms with Crippen LogP contribution in [0.5, 0.6) is 0 Å². The van der Waals surface area contributed by atoms with Gasteiger partial charge in [0.2, 0.25) is 0 Å². The van der Waals surface area contributed by atoms with Crippen molar-refractivity contribution < 1.29 is 0 Å². The van der Waals surface area contributed by atoms with E-state index >= 15 is 0 Å². The predicted octanol–water partition coefficient (Wildman–Crippen LogP) is 3.58. The van der Waals surface area contributed by atoms with Crippen molar-refractivity contribution in [3.8, 4) is 0 Å². The van der Waals surface area contributed by atoms with Crippen molar-refractivity contribution in [1.82, 2.24) is 10.4 Å². The molecule has 3 heterocycles. The lowest BCUT2D eigenvalue weighted by molar-refractivity contribution is 1.03. The Balaban J connectivity index is 1.87. The molecule has 0 amide bonds. The topological polar surface area (TPSA) is 49.6 Å². The van der Waals surface area contributed by atoms with Crippen LogP contribution in [0.4, 0.5) is 5.69 Å². The van der Waals surface area contributed by atoms with Crippen LogP contribution in [-0.4, -0.2) is 16.5 Å². The number of fused-ring (bicyclic) bond motifs is 1. The van der Waals surface area contributed by atoms with Gasteiger partial charge in [-0.3, -0.25) is 10.4 Å². The number of hydrogen-bond donors (Lipinski definition) is 1. The number of aliphatic imine (C=N–C) groups is 1. The number of hydrazone groups is 1. The van der Waals surface area contributed by atoms with Crippen LogP contribution >= 0.6 is 11.3 Å². The number of hydrogen-bond acceptors (Lipinski definition) is 5. The van der Waals surface area contributed by atoms with Crippen LogP contribution in [0.3, 0.4) is 0 Å². The van der Waals surface area contributed by atoms with Crippen LogP contribution in [0.2, 0.25) is 0 Å². The average Bonchev–Trinajstić information content (AvgIpc) is 3.03. The predicted molar refractivity (Wildman–Crippen MR) is 90.0 cm³/mol. The van der Waals surface area contributed by atoms with Gasteiger partial charge >= 0.3 is 0 Å². The molecule has 0 saturated carbocycles. The fourth-order valence-electron chi connectivity index (χ4n) is 2.32. The van der Waals surface area contributed by atoms with E-state index in [1.54, 1.807) is 23.7 Å². The largest absolute Gasteiger partial charge is 0.264 e. The van der Waals surface area contributed by atoms with Crippen molar-refractivity contribution in [3.05, 3.63) is 82.3 Å². The smallest absolute Gasteiger partial charge is 0.155 e. The Morgan fingerprint density at radius 2 is 1.91 bits per heavy atom. The highest BCUT2D eigenvalue weighted by Gasteiger charge is 2.17. The number of benzene rings is 1. The number of rotatable bonds is 2. The van der Waals surface area contributed by atoms with E-state index in [1.807, 2.05) is 47.8 Å². The lowest BCUT2D eigenvalue weighted by atomic mass is 10.1. The number of nitrogens with one attached hydrogen (secondary N) is 1. The van der Waals surface area contributed by atoms with E-state index in [1.165, 1.54) is 0 Å².